The molecule has 1 heterocycles. The van der Waals surface area contributed by atoms with Crippen molar-refractivity contribution >= 4 is 23.2 Å². The second-order valence-electron chi connectivity index (χ2n) is 4.36. The highest BCUT2D eigenvalue weighted by Gasteiger charge is 2.12. The lowest BCUT2D eigenvalue weighted by atomic mass is 10.2. The maximum absolute atomic E-state index is 6.11. The number of morpholine rings is 1. The minimum absolute atomic E-state index is 0.571. The lowest BCUT2D eigenvalue weighted by Crippen LogP contribution is -2.38. The third kappa shape index (κ3) is 3.75. The fraction of sp³-hybridized carbons (Fsp3) is 0.538. The van der Waals surface area contributed by atoms with E-state index in [0.717, 1.165) is 38.4 Å². The van der Waals surface area contributed by atoms with Gasteiger partial charge in [-0.25, -0.2) is 0 Å². The van der Waals surface area contributed by atoms with E-state index >= 15 is 0 Å². The summed E-state index contributed by atoms with van der Waals surface area (Å²) in [5.74, 6) is 0.581. The summed E-state index contributed by atoms with van der Waals surface area (Å²) in [6.07, 6.45) is 0. The van der Waals surface area contributed by atoms with E-state index in [2.05, 4.69) is 4.90 Å². The van der Waals surface area contributed by atoms with Crippen LogP contribution in [0.2, 0.25) is 10.0 Å². The molecule has 1 fully saturated rings. The van der Waals surface area contributed by atoms with E-state index in [0.29, 0.717) is 22.4 Å². The van der Waals surface area contributed by atoms with E-state index in [4.69, 9.17) is 32.7 Å². The molecule has 0 N–H and O–H groups in total. The van der Waals surface area contributed by atoms with Crippen LogP contribution in [0.5, 0.6) is 5.75 Å². The standard InChI is InChI=1S/C13H17Cl2NO2/c1-10-8-11(14)13(12(15)9-10)18-7-4-16-2-5-17-6-3-16/h8-9H,2-7H2,1H3. The van der Waals surface area contributed by atoms with Crippen LogP contribution < -0.4 is 4.74 Å². The van der Waals surface area contributed by atoms with Crippen molar-refractivity contribution in [1.82, 2.24) is 4.90 Å². The number of aryl methyl sites for hydroxylation is 1. The van der Waals surface area contributed by atoms with Gasteiger partial charge >= 0.3 is 0 Å². The van der Waals surface area contributed by atoms with Crippen LogP contribution in [0.25, 0.3) is 0 Å². The molecule has 1 aliphatic heterocycles. The summed E-state index contributed by atoms with van der Waals surface area (Å²) in [6.45, 7) is 6.91. The smallest absolute Gasteiger partial charge is 0.156 e. The van der Waals surface area contributed by atoms with E-state index < -0.39 is 0 Å². The number of halogens is 2. The molecule has 3 nitrogen and oxygen atoms in total. The van der Waals surface area contributed by atoms with Gasteiger partial charge in [-0.2, -0.15) is 0 Å². The summed E-state index contributed by atoms with van der Waals surface area (Å²) < 4.78 is 11.0. The Bertz CT molecular complexity index is 383. The van der Waals surface area contributed by atoms with E-state index in [-0.39, 0.29) is 0 Å². The Labute approximate surface area is 118 Å². The van der Waals surface area contributed by atoms with Gasteiger partial charge in [-0.3, -0.25) is 4.90 Å². The molecular weight excluding hydrogens is 273 g/mol. The van der Waals surface area contributed by atoms with Crippen molar-refractivity contribution in [3.8, 4) is 5.75 Å². The first-order valence-electron chi connectivity index (χ1n) is 6.05. The van der Waals surface area contributed by atoms with Crippen molar-refractivity contribution in [3.63, 3.8) is 0 Å². The van der Waals surface area contributed by atoms with Crippen molar-refractivity contribution < 1.29 is 9.47 Å². The highest BCUT2D eigenvalue weighted by molar-refractivity contribution is 6.37. The van der Waals surface area contributed by atoms with Crippen molar-refractivity contribution in [2.24, 2.45) is 0 Å². The van der Waals surface area contributed by atoms with Crippen molar-refractivity contribution in [1.29, 1.82) is 0 Å². The quantitative estimate of drug-likeness (QED) is 0.851. The van der Waals surface area contributed by atoms with Crippen LogP contribution in [0.3, 0.4) is 0 Å². The fourth-order valence-corrected chi connectivity index (χ4v) is 2.63. The third-order valence-electron chi connectivity index (χ3n) is 2.90. The summed E-state index contributed by atoms with van der Waals surface area (Å²) >= 11 is 12.2. The number of hydrogen-bond acceptors (Lipinski definition) is 3. The highest BCUT2D eigenvalue weighted by atomic mass is 35.5. The molecule has 1 aromatic carbocycles. The zero-order chi connectivity index (χ0) is 13.0. The molecule has 0 aliphatic carbocycles. The predicted octanol–water partition coefficient (Wildman–Crippen LogP) is 3.01. The van der Waals surface area contributed by atoms with Gasteiger partial charge in [0.1, 0.15) is 6.61 Å². The van der Waals surface area contributed by atoms with Gasteiger partial charge in [0.25, 0.3) is 0 Å². The highest BCUT2D eigenvalue weighted by Crippen LogP contribution is 2.33. The first-order valence-corrected chi connectivity index (χ1v) is 6.81. The molecule has 1 aliphatic rings. The molecule has 0 saturated carbocycles. The average Bonchev–Trinajstić information content (AvgIpc) is 2.34. The predicted molar refractivity (Wildman–Crippen MR) is 74.0 cm³/mol. The summed E-state index contributed by atoms with van der Waals surface area (Å²) in [6, 6.07) is 3.72. The Kier molecular flexibility index (Phi) is 5.13. The Morgan fingerprint density at radius 1 is 1.22 bits per heavy atom. The number of rotatable bonds is 4. The summed E-state index contributed by atoms with van der Waals surface area (Å²) in [4.78, 5) is 2.31. The summed E-state index contributed by atoms with van der Waals surface area (Å²) in [7, 11) is 0. The molecule has 2 rings (SSSR count). The third-order valence-corrected chi connectivity index (χ3v) is 3.46. The normalized spacial score (nSPS) is 16.8. The molecular formula is C13H17Cl2NO2. The second-order valence-corrected chi connectivity index (χ2v) is 5.17. The van der Waals surface area contributed by atoms with E-state index in [1.54, 1.807) is 0 Å². The Morgan fingerprint density at radius 2 is 1.83 bits per heavy atom. The maximum atomic E-state index is 6.11. The fourth-order valence-electron chi connectivity index (χ4n) is 1.93. The van der Waals surface area contributed by atoms with Crippen LogP contribution in [0.1, 0.15) is 5.56 Å². The topological polar surface area (TPSA) is 21.7 Å². The number of ether oxygens (including phenoxy) is 2. The molecule has 0 radical (unpaired) electrons. The average molecular weight is 290 g/mol. The van der Waals surface area contributed by atoms with Crippen molar-refractivity contribution in [2.75, 3.05) is 39.5 Å². The molecule has 0 bridgehead atoms. The first-order chi connectivity index (χ1) is 8.66. The molecule has 0 amide bonds. The largest absolute Gasteiger partial charge is 0.489 e. The first kappa shape index (κ1) is 13.9. The molecule has 100 valence electrons. The molecule has 0 unspecified atom stereocenters. The lowest BCUT2D eigenvalue weighted by molar-refractivity contribution is 0.0322. The molecule has 18 heavy (non-hydrogen) atoms. The zero-order valence-corrected chi connectivity index (χ0v) is 11.9. The minimum atomic E-state index is 0.571. The van der Waals surface area contributed by atoms with Gasteiger partial charge in [0.05, 0.1) is 23.3 Å². The molecule has 5 heteroatoms. The summed E-state index contributed by atoms with van der Waals surface area (Å²) in [5, 5.41) is 1.14. The Balaban J connectivity index is 1.86. The van der Waals surface area contributed by atoms with Crippen LogP contribution in [0.15, 0.2) is 12.1 Å². The van der Waals surface area contributed by atoms with Crippen LogP contribution in [-0.4, -0.2) is 44.4 Å². The van der Waals surface area contributed by atoms with Gasteiger partial charge in [-0.1, -0.05) is 23.2 Å². The Morgan fingerprint density at radius 3 is 2.44 bits per heavy atom. The Hall–Kier alpha value is -0.480. The van der Waals surface area contributed by atoms with Gasteiger partial charge in [0.2, 0.25) is 0 Å². The van der Waals surface area contributed by atoms with Gasteiger partial charge in [-0.05, 0) is 24.6 Å². The molecule has 0 atom stereocenters. The number of nitrogens with zero attached hydrogens (tertiary/aromatic N) is 1. The van der Waals surface area contributed by atoms with Gasteiger partial charge in [0, 0.05) is 19.6 Å². The van der Waals surface area contributed by atoms with Crippen molar-refractivity contribution in [3.05, 3.63) is 27.7 Å². The number of benzene rings is 1. The minimum Gasteiger partial charge on any atom is -0.489 e. The van der Waals surface area contributed by atoms with E-state index in [1.807, 2.05) is 19.1 Å². The molecule has 1 saturated heterocycles. The monoisotopic (exact) mass is 289 g/mol. The van der Waals surface area contributed by atoms with Gasteiger partial charge < -0.3 is 9.47 Å². The molecule has 0 aromatic heterocycles. The van der Waals surface area contributed by atoms with Crippen LogP contribution in [0, 0.1) is 6.92 Å². The van der Waals surface area contributed by atoms with E-state index in [9.17, 15) is 0 Å². The lowest BCUT2D eigenvalue weighted by Gasteiger charge is -2.26. The summed E-state index contributed by atoms with van der Waals surface area (Å²) in [5.41, 5.74) is 1.03. The van der Waals surface area contributed by atoms with Crippen LogP contribution >= 0.6 is 23.2 Å². The van der Waals surface area contributed by atoms with Gasteiger partial charge in [0.15, 0.2) is 5.75 Å². The maximum Gasteiger partial charge on any atom is 0.156 e. The van der Waals surface area contributed by atoms with Gasteiger partial charge in [-0.15, -0.1) is 0 Å². The molecule has 1 aromatic rings. The second kappa shape index (κ2) is 6.62. The number of hydrogen-bond donors (Lipinski definition) is 0. The SMILES string of the molecule is Cc1cc(Cl)c(OCCN2CCOCC2)c(Cl)c1. The zero-order valence-electron chi connectivity index (χ0n) is 10.4. The molecule has 0 spiro atoms. The van der Waals surface area contributed by atoms with Crippen LogP contribution in [-0.2, 0) is 4.74 Å². The van der Waals surface area contributed by atoms with E-state index in [1.165, 1.54) is 0 Å². The van der Waals surface area contributed by atoms with Crippen LogP contribution in [0.4, 0.5) is 0 Å². The van der Waals surface area contributed by atoms with Crippen molar-refractivity contribution in [2.45, 2.75) is 6.92 Å².